The zero-order valence-corrected chi connectivity index (χ0v) is 18.5. The van der Waals surface area contributed by atoms with Crippen LogP contribution in [0.25, 0.3) is 0 Å². The Morgan fingerprint density at radius 1 is 1.03 bits per heavy atom. The highest BCUT2D eigenvalue weighted by molar-refractivity contribution is 6.34. The highest BCUT2D eigenvalue weighted by Crippen LogP contribution is 2.50. The largest absolute Gasteiger partial charge is 0.466 e. The Morgan fingerprint density at radius 3 is 2.47 bits per heavy atom. The summed E-state index contributed by atoms with van der Waals surface area (Å²) >= 11 is 12.4. The lowest BCUT2D eigenvalue weighted by atomic mass is 9.78. The van der Waals surface area contributed by atoms with Crippen molar-refractivity contribution in [2.75, 3.05) is 10.2 Å². The number of nitrogens with one attached hydrogen (secondary N) is 2. The van der Waals surface area contributed by atoms with E-state index in [1.807, 2.05) is 24.3 Å². The van der Waals surface area contributed by atoms with E-state index >= 15 is 0 Å². The molecule has 3 aromatic rings. The Labute approximate surface area is 195 Å². The first-order valence-electron chi connectivity index (χ1n) is 10.1. The fourth-order valence-electron chi connectivity index (χ4n) is 4.48. The van der Waals surface area contributed by atoms with Crippen molar-refractivity contribution >= 4 is 46.5 Å². The molecule has 0 unspecified atom stereocenters. The first-order valence-corrected chi connectivity index (χ1v) is 10.8. The summed E-state index contributed by atoms with van der Waals surface area (Å²) in [5.41, 5.74) is 0.461. The molecule has 0 aliphatic carbocycles. The number of carbonyl (C=O) groups excluding carboxylic acids is 2. The van der Waals surface area contributed by atoms with Gasteiger partial charge in [-0.25, -0.2) is 4.79 Å². The van der Waals surface area contributed by atoms with Gasteiger partial charge in [0.05, 0.1) is 16.8 Å². The lowest BCUT2D eigenvalue weighted by molar-refractivity contribution is -0.131. The van der Waals surface area contributed by atoms with Gasteiger partial charge in [-0.2, -0.15) is 0 Å². The molecular formula is C24H19Cl2N3O3. The van der Waals surface area contributed by atoms with Crippen molar-refractivity contribution in [3.05, 3.63) is 88.4 Å². The molecule has 32 heavy (non-hydrogen) atoms. The highest BCUT2D eigenvalue weighted by atomic mass is 35.5. The van der Waals surface area contributed by atoms with Crippen LogP contribution in [-0.4, -0.2) is 17.7 Å². The number of rotatable bonds is 3. The molecule has 2 N–H and O–H groups in total. The van der Waals surface area contributed by atoms with Gasteiger partial charge in [-0.05, 0) is 49.4 Å². The van der Waals surface area contributed by atoms with Crippen LogP contribution in [-0.2, 0) is 4.79 Å². The van der Waals surface area contributed by atoms with Gasteiger partial charge in [0, 0.05) is 16.3 Å². The molecule has 5 rings (SSSR count). The van der Waals surface area contributed by atoms with Crippen molar-refractivity contribution in [2.45, 2.75) is 18.7 Å². The first kappa shape index (κ1) is 20.7. The van der Waals surface area contributed by atoms with E-state index < -0.39 is 23.7 Å². The molecular weight excluding hydrogens is 449 g/mol. The predicted molar refractivity (Wildman–Crippen MR) is 124 cm³/mol. The zero-order valence-electron chi connectivity index (χ0n) is 17.0. The van der Waals surface area contributed by atoms with Crippen LogP contribution in [0.1, 0.15) is 18.5 Å². The molecule has 2 heterocycles. The molecule has 2 aliphatic heterocycles. The molecule has 1 saturated heterocycles. The predicted octanol–water partition coefficient (Wildman–Crippen LogP) is 5.63. The number of hydrogen-bond acceptors (Lipinski definition) is 3. The fourth-order valence-corrected chi connectivity index (χ4v) is 4.83. The second-order valence-corrected chi connectivity index (χ2v) is 8.73. The second kappa shape index (κ2) is 7.73. The second-order valence-electron chi connectivity index (χ2n) is 7.88. The number of ether oxygens (including phenoxy) is 1. The van der Waals surface area contributed by atoms with Crippen molar-refractivity contribution < 1.29 is 14.3 Å². The number of para-hydroxylation sites is 2. The summed E-state index contributed by atoms with van der Waals surface area (Å²) in [6.45, 7) is 1.74. The number of fused-ring (bicyclic) bond motifs is 4. The van der Waals surface area contributed by atoms with Crippen molar-refractivity contribution in [3.8, 4) is 5.75 Å². The van der Waals surface area contributed by atoms with E-state index in [2.05, 4.69) is 10.6 Å². The molecule has 0 saturated carbocycles. The van der Waals surface area contributed by atoms with Gasteiger partial charge in [0.15, 0.2) is 0 Å². The molecule has 2 bridgehead atoms. The van der Waals surface area contributed by atoms with Gasteiger partial charge in [0.25, 0.3) is 0 Å². The smallest absolute Gasteiger partial charge is 0.325 e. The molecule has 162 valence electrons. The van der Waals surface area contributed by atoms with E-state index in [0.29, 0.717) is 27.2 Å². The van der Waals surface area contributed by atoms with Crippen LogP contribution in [0.2, 0.25) is 10.0 Å². The number of nitrogens with zero attached hydrogens (tertiary/aromatic N) is 1. The molecule has 2 aliphatic rings. The Hall–Kier alpha value is -3.22. The van der Waals surface area contributed by atoms with Crippen molar-refractivity contribution in [3.63, 3.8) is 0 Å². The van der Waals surface area contributed by atoms with Crippen LogP contribution >= 0.6 is 23.2 Å². The van der Waals surface area contributed by atoms with Crippen LogP contribution in [0.5, 0.6) is 5.75 Å². The van der Waals surface area contributed by atoms with Gasteiger partial charge < -0.3 is 15.4 Å². The average Bonchev–Trinajstić information content (AvgIpc) is 2.76. The molecule has 3 atom stereocenters. The van der Waals surface area contributed by atoms with Crippen LogP contribution in [0.3, 0.4) is 0 Å². The van der Waals surface area contributed by atoms with Crippen molar-refractivity contribution in [1.29, 1.82) is 0 Å². The van der Waals surface area contributed by atoms with Crippen LogP contribution in [0.15, 0.2) is 72.8 Å². The van der Waals surface area contributed by atoms with Gasteiger partial charge in [0.2, 0.25) is 11.6 Å². The molecule has 8 heteroatoms. The standard InChI is InChI=1S/C24H19Cl2N3O3/c1-24-20(22(30)27-15-12-10-14(25)11-13-15)21(16-6-2-5-9-19(16)32-24)28-23(31)29(24)18-8-4-3-7-17(18)26/h2-13,20-21H,1H3,(H,27,30)(H,28,31)/t20-,21-,24+/m1/s1. The van der Waals surface area contributed by atoms with Crippen molar-refractivity contribution in [2.24, 2.45) is 5.92 Å². The molecule has 3 aromatic carbocycles. The monoisotopic (exact) mass is 467 g/mol. The van der Waals surface area contributed by atoms with Crippen LogP contribution in [0.4, 0.5) is 16.2 Å². The molecule has 3 amide bonds. The highest BCUT2D eigenvalue weighted by Gasteiger charge is 2.60. The summed E-state index contributed by atoms with van der Waals surface area (Å²) in [6, 6.07) is 20.2. The Balaban J connectivity index is 1.62. The number of urea groups is 1. The lowest BCUT2D eigenvalue weighted by Crippen LogP contribution is -2.72. The quantitative estimate of drug-likeness (QED) is 0.524. The molecule has 6 nitrogen and oxygen atoms in total. The van der Waals surface area contributed by atoms with Gasteiger partial charge in [-0.15, -0.1) is 0 Å². The van der Waals surface area contributed by atoms with Crippen molar-refractivity contribution in [1.82, 2.24) is 5.32 Å². The third kappa shape index (κ3) is 3.27. The van der Waals surface area contributed by atoms with E-state index in [-0.39, 0.29) is 5.91 Å². The summed E-state index contributed by atoms with van der Waals surface area (Å²) in [7, 11) is 0. The normalized spacial score (nSPS) is 23.6. The van der Waals surface area contributed by atoms with E-state index in [1.54, 1.807) is 55.5 Å². The maximum Gasteiger partial charge on any atom is 0.325 e. The number of carbonyl (C=O) groups is 2. The summed E-state index contributed by atoms with van der Waals surface area (Å²) in [5.74, 6) is -0.471. The number of hydrogen-bond donors (Lipinski definition) is 2. The molecule has 1 fully saturated rings. The topological polar surface area (TPSA) is 70.7 Å². The van der Waals surface area contributed by atoms with Gasteiger partial charge in [-0.3, -0.25) is 9.69 Å². The summed E-state index contributed by atoms with van der Waals surface area (Å²) in [5, 5.41) is 6.88. The van der Waals surface area contributed by atoms with E-state index in [9.17, 15) is 9.59 Å². The average molecular weight is 468 g/mol. The Morgan fingerprint density at radius 2 is 1.72 bits per heavy atom. The maximum absolute atomic E-state index is 13.6. The minimum atomic E-state index is -1.33. The van der Waals surface area contributed by atoms with E-state index in [0.717, 1.165) is 5.56 Å². The van der Waals surface area contributed by atoms with Gasteiger partial charge in [-0.1, -0.05) is 53.5 Å². The minimum Gasteiger partial charge on any atom is -0.466 e. The van der Waals surface area contributed by atoms with Gasteiger partial charge in [0.1, 0.15) is 11.7 Å². The molecule has 0 aromatic heterocycles. The lowest BCUT2D eigenvalue weighted by Gasteiger charge is -2.54. The Bertz CT molecular complexity index is 1220. The fraction of sp³-hybridized carbons (Fsp3) is 0.167. The third-order valence-electron chi connectivity index (χ3n) is 5.89. The minimum absolute atomic E-state index is 0.300. The summed E-state index contributed by atoms with van der Waals surface area (Å²) in [6.07, 6.45) is 0. The van der Waals surface area contributed by atoms with Gasteiger partial charge >= 0.3 is 6.03 Å². The summed E-state index contributed by atoms with van der Waals surface area (Å²) < 4.78 is 6.40. The SMILES string of the molecule is C[C@@]12Oc3ccccc3[C@@H](NC(=O)N1c1ccccc1Cl)[C@@H]2C(=O)Nc1ccc(Cl)cc1. The van der Waals surface area contributed by atoms with E-state index in [1.165, 1.54) is 4.90 Å². The van der Waals surface area contributed by atoms with Crippen LogP contribution in [0, 0.1) is 5.92 Å². The Kier molecular flexibility index (Phi) is 4.99. The number of halogens is 2. The first-order chi connectivity index (χ1) is 15.4. The summed E-state index contributed by atoms with van der Waals surface area (Å²) in [4.78, 5) is 28.3. The van der Waals surface area contributed by atoms with Crippen LogP contribution < -0.4 is 20.3 Å². The molecule has 0 spiro atoms. The molecule has 0 radical (unpaired) electrons. The number of benzene rings is 3. The number of amides is 3. The maximum atomic E-state index is 13.6. The van der Waals surface area contributed by atoms with E-state index in [4.69, 9.17) is 27.9 Å². The third-order valence-corrected chi connectivity index (χ3v) is 6.47. The zero-order chi connectivity index (χ0) is 22.5. The number of anilines is 2.